The third-order valence-electron chi connectivity index (χ3n) is 3.00. The van der Waals surface area contributed by atoms with Crippen molar-refractivity contribution in [3.05, 3.63) is 35.0 Å². The van der Waals surface area contributed by atoms with Crippen LogP contribution in [0.3, 0.4) is 0 Å². The van der Waals surface area contributed by atoms with Crippen molar-refractivity contribution in [2.75, 3.05) is 0 Å². The van der Waals surface area contributed by atoms with Gasteiger partial charge >= 0.3 is 0 Å². The summed E-state index contributed by atoms with van der Waals surface area (Å²) in [4.78, 5) is 15.3. The Labute approximate surface area is 103 Å². The molecule has 3 aromatic heterocycles. The van der Waals surface area contributed by atoms with Gasteiger partial charge in [0.1, 0.15) is 17.0 Å². The predicted molar refractivity (Wildman–Crippen MR) is 68.7 cm³/mol. The number of hydrogen-bond donors (Lipinski definition) is 0. The van der Waals surface area contributed by atoms with Crippen LogP contribution in [-0.4, -0.2) is 19.5 Å². The van der Waals surface area contributed by atoms with Gasteiger partial charge in [-0.15, -0.1) is 11.3 Å². The molecule has 0 amide bonds. The van der Waals surface area contributed by atoms with E-state index >= 15 is 0 Å². The zero-order valence-electron chi connectivity index (χ0n) is 9.93. The smallest absolute Gasteiger partial charge is 0.150 e. The summed E-state index contributed by atoms with van der Waals surface area (Å²) in [5, 5.41) is 1.14. The van der Waals surface area contributed by atoms with Crippen LogP contribution in [0.4, 0.5) is 0 Å². The molecule has 0 aliphatic carbocycles. The molecule has 3 aromatic rings. The molecular weight excluding hydrogens is 232 g/mol. The highest BCUT2D eigenvalue weighted by molar-refractivity contribution is 7.18. The van der Waals surface area contributed by atoms with Gasteiger partial charge in [-0.2, -0.15) is 0 Å². The molecule has 0 atom stereocenters. The van der Waals surface area contributed by atoms with Crippen molar-refractivity contribution in [3.63, 3.8) is 0 Å². The quantitative estimate of drug-likeness (QED) is 0.661. The van der Waals surface area contributed by atoms with Crippen molar-refractivity contribution < 1.29 is 0 Å². The molecule has 3 rings (SSSR count). The number of aryl methyl sites for hydroxylation is 3. The minimum atomic E-state index is 0.923. The van der Waals surface area contributed by atoms with Gasteiger partial charge in [-0.05, 0) is 26.3 Å². The summed E-state index contributed by atoms with van der Waals surface area (Å²) in [6.07, 6.45) is 5.34. The van der Waals surface area contributed by atoms with E-state index < -0.39 is 0 Å². The number of hydrogen-bond acceptors (Lipinski definition) is 4. The van der Waals surface area contributed by atoms with Gasteiger partial charge in [0.15, 0.2) is 5.82 Å². The van der Waals surface area contributed by atoms with Crippen molar-refractivity contribution in [3.8, 4) is 5.82 Å². The molecule has 0 unspecified atom stereocenters. The minimum Gasteiger partial charge on any atom is -0.287 e. The van der Waals surface area contributed by atoms with E-state index in [-0.39, 0.29) is 0 Å². The van der Waals surface area contributed by atoms with Crippen LogP contribution < -0.4 is 0 Å². The highest BCUT2D eigenvalue weighted by Gasteiger charge is 2.13. The summed E-state index contributed by atoms with van der Waals surface area (Å²) in [5.41, 5.74) is 1.26. The molecule has 0 spiro atoms. The number of rotatable bonds is 1. The maximum atomic E-state index is 4.40. The highest BCUT2D eigenvalue weighted by atomic mass is 32.1. The molecule has 4 nitrogen and oxygen atoms in total. The Balaban J connectivity index is 2.41. The van der Waals surface area contributed by atoms with E-state index in [0.717, 1.165) is 21.9 Å². The van der Waals surface area contributed by atoms with Gasteiger partial charge in [0.25, 0.3) is 0 Å². The molecule has 0 aliphatic rings. The molecule has 17 heavy (non-hydrogen) atoms. The average Bonchev–Trinajstić information content (AvgIpc) is 2.85. The molecule has 0 radical (unpaired) electrons. The van der Waals surface area contributed by atoms with Crippen molar-refractivity contribution in [1.29, 1.82) is 0 Å². The fourth-order valence-corrected chi connectivity index (χ4v) is 2.94. The van der Waals surface area contributed by atoms with Crippen LogP contribution in [0.15, 0.2) is 18.7 Å². The second kappa shape index (κ2) is 3.63. The van der Waals surface area contributed by atoms with E-state index in [4.69, 9.17) is 0 Å². The number of thiophene rings is 1. The Morgan fingerprint density at radius 1 is 1.12 bits per heavy atom. The van der Waals surface area contributed by atoms with Gasteiger partial charge in [-0.3, -0.25) is 4.57 Å². The monoisotopic (exact) mass is 244 g/mol. The van der Waals surface area contributed by atoms with Crippen LogP contribution in [0.25, 0.3) is 16.0 Å². The summed E-state index contributed by atoms with van der Waals surface area (Å²) in [5.74, 6) is 1.86. The average molecular weight is 244 g/mol. The standard InChI is InChI=1S/C12H12N4S/c1-7-8(2)17-12-10(7)11(14-6-15-12)16-5-4-13-9(16)3/h4-6H,1-3H3. The van der Waals surface area contributed by atoms with Gasteiger partial charge in [-0.1, -0.05) is 0 Å². The lowest BCUT2D eigenvalue weighted by atomic mass is 10.2. The predicted octanol–water partition coefficient (Wildman–Crippen LogP) is 2.80. The molecule has 0 aromatic carbocycles. The SMILES string of the molecule is Cc1sc2ncnc(-n3ccnc3C)c2c1C. The Bertz CT molecular complexity index is 696. The molecule has 0 saturated heterocycles. The lowest BCUT2D eigenvalue weighted by Crippen LogP contribution is -2.00. The van der Waals surface area contributed by atoms with Crippen LogP contribution >= 0.6 is 11.3 Å². The van der Waals surface area contributed by atoms with Crippen LogP contribution in [0, 0.1) is 20.8 Å². The number of nitrogens with zero attached hydrogens (tertiary/aromatic N) is 4. The van der Waals surface area contributed by atoms with E-state index in [0.29, 0.717) is 0 Å². The molecule has 0 N–H and O–H groups in total. The maximum Gasteiger partial charge on any atom is 0.150 e. The van der Waals surface area contributed by atoms with Crippen molar-refractivity contribution in [1.82, 2.24) is 19.5 Å². The highest BCUT2D eigenvalue weighted by Crippen LogP contribution is 2.31. The first kappa shape index (κ1) is 10.4. The summed E-state index contributed by atoms with van der Waals surface area (Å²) in [6.45, 7) is 6.21. The van der Waals surface area contributed by atoms with Crippen LogP contribution in [-0.2, 0) is 0 Å². The number of aromatic nitrogens is 4. The summed E-state index contributed by atoms with van der Waals surface area (Å²) < 4.78 is 2.00. The van der Waals surface area contributed by atoms with E-state index in [1.807, 2.05) is 17.7 Å². The maximum absolute atomic E-state index is 4.40. The van der Waals surface area contributed by atoms with Crippen LogP contribution in [0.1, 0.15) is 16.3 Å². The lowest BCUT2D eigenvalue weighted by Gasteiger charge is -2.05. The fraction of sp³-hybridized carbons (Fsp3) is 0.250. The van der Waals surface area contributed by atoms with Crippen molar-refractivity contribution in [2.45, 2.75) is 20.8 Å². The van der Waals surface area contributed by atoms with E-state index in [1.54, 1.807) is 23.9 Å². The van der Waals surface area contributed by atoms with Crippen LogP contribution in [0.5, 0.6) is 0 Å². The first-order valence-corrected chi connectivity index (χ1v) is 6.21. The van der Waals surface area contributed by atoms with Gasteiger partial charge < -0.3 is 0 Å². The Morgan fingerprint density at radius 3 is 2.65 bits per heavy atom. The molecular formula is C12H12N4S. The van der Waals surface area contributed by atoms with E-state index in [9.17, 15) is 0 Å². The Morgan fingerprint density at radius 2 is 1.94 bits per heavy atom. The van der Waals surface area contributed by atoms with Crippen molar-refractivity contribution in [2.24, 2.45) is 0 Å². The van der Waals surface area contributed by atoms with Crippen molar-refractivity contribution >= 4 is 21.6 Å². The molecule has 5 heteroatoms. The molecule has 86 valence electrons. The first-order chi connectivity index (χ1) is 8.18. The Hall–Kier alpha value is -1.75. The van der Waals surface area contributed by atoms with Gasteiger partial charge in [-0.25, -0.2) is 15.0 Å². The van der Waals surface area contributed by atoms with E-state index in [2.05, 4.69) is 28.8 Å². The van der Waals surface area contributed by atoms with Gasteiger partial charge in [0, 0.05) is 17.3 Å². The zero-order chi connectivity index (χ0) is 12.0. The molecule has 0 bridgehead atoms. The minimum absolute atomic E-state index is 0.923. The van der Waals surface area contributed by atoms with Crippen LogP contribution in [0.2, 0.25) is 0 Å². The summed E-state index contributed by atoms with van der Waals surface area (Å²) >= 11 is 1.71. The molecule has 3 heterocycles. The fourth-order valence-electron chi connectivity index (χ4n) is 1.95. The first-order valence-electron chi connectivity index (χ1n) is 5.39. The lowest BCUT2D eigenvalue weighted by molar-refractivity contribution is 0.935. The second-order valence-corrected chi connectivity index (χ2v) is 5.21. The van der Waals surface area contributed by atoms with Gasteiger partial charge in [0.05, 0.1) is 5.39 Å². The molecule has 0 aliphatic heterocycles. The number of fused-ring (bicyclic) bond motifs is 1. The second-order valence-electron chi connectivity index (χ2n) is 4.01. The third-order valence-corrected chi connectivity index (χ3v) is 4.11. The summed E-state index contributed by atoms with van der Waals surface area (Å²) in [6, 6.07) is 0. The van der Waals surface area contributed by atoms with E-state index in [1.165, 1.54) is 10.4 Å². The Kier molecular flexibility index (Phi) is 2.22. The third kappa shape index (κ3) is 1.46. The zero-order valence-corrected chi connectivity index (χ0v) is 10.7. The number of imidazole rings is 1. The topological polar surface area (TPSA) is 43.6 Å². The van der Waals surface area contributed by atoms with Gasteiger partial charge in [0.2, 0.25) is 0 Å². The molecule has 0 saturated carbocycles. The largest absolute Gasteiger partial charge is 0.287 e. The summed E-state index contributed by atoms with van der Waals surface area (Å²) in [7, 11) is 0. The normalized spacial score (nSPS) is 11.2. The molecule has 0 fully saturated rings.